The van der Waals surface area contributed by atoms with Gasteiger partial charge in [-0.15, -0.1) is 0 Å². The molecule has 18 heavy (non-hydrogen) atoms. The minimum absolute atomic E-state index is 0.0726. The predicted molar refractivity (Wildman–Crippen MR) is 74.3 cm³/mol. The molecule has 1 N–H and O–H groups in total. The van der Waals surface area contributed by atoms with Gasteiger partial charge in [0, 0.05) is 11.0 Å². The van der Waals surface area contributed by atoms with Crippen molar-refractivity contribution >= 4 is 21.8 Å². The van der Waals surface area contributed by atoms with Crippen molar-refractivity contribution in [1.29, 1.82) is 0 Å². The van der Waals surface area contributed by atoms with Gasteiger partial charge in [-0.25, -0.2) is 0 Å². The van der Waals surface area contributed by atoms with E-state index in [4.69, 9.17) is 0 Å². The molecule has 4 heteroatoms. The first-order chi connectivity index (χ1) is 8.43. The van der Waals surface area contributed by atoms with E-state index in [0.717, 1.165) is 10.0 Å². The highest BCUT2D eigenvalue weighted by atomic mass is 79.9. The first kappa shape index (κ1) is 13.6. The van der Waals surface area contributed by atoms with Crippen LogP contribution in [0.15, 0.2) is 28.7 Å². The molecule has 0 aliphatic carbocycles. The zero-order valence-corrected chi connectivity index (χ0v) is 12.3. The van der Waals surface area contributed by atoms with Crippen molar-refractivity contribution in [2.75, 3.05) is 6.54 Å². The number of hydrogen-bond acceptors (Lipinski definition) is 2. The van der Waals surface area contributed by atoms with Crippen LogP contribution < -0.4 is 0 Å². The largest absolute Gasteiger partial charge is 0.391 e. The summed E-state index contributed by atoms with van der Waals surface area (Å²) in [5.41, 5.74) is 0.526. The molecule has 0 saturated carbocycles. The quantitative estimate of drug-likeness (QED) is 0.911. The number of rotatable bonds is 2. The molecule has 0 spiro atoms. The highest BCUT2D eigenvalue weighted by Gasteiger charge is 2.42. The Morgan fingerprint density at radius 2 is 2.17 bits per heavy atom. The molecule has 1 aliphatic heterocycles. The van der Waals surface area contributed by atoms with Crippen LogP contribution in [-0.4, -0.2) is 34.1 Å². The van der Waals surface area contributed by atoms with Crippen molar-refractivity contribution in [3.8, 4) is 0 Å². The van der Waals surface area contributed by atoms with Gasteiger partial charge in [0.25, 0.3) is 0 Å². The molecule has 0 aromatic heterocycles. The Balaban J connectivity index is 2.12. The van der Waals surface area contributed by atoms with Gasteiger partial charge in [-0.2, -0.15) is 0 Å². The number of carbonyl (C=O) groups excluding carboxylic acids is 1. The van der Waals surface area contributed by atoms with E-state index < -0.39 is 11.6 Å². The Morgan fingerprint density at radius 3 is 2.72 bits per heavy atom. The SMILES string of the molecule is CC1(C)C(O)CCN1C(=O)Cc1ccccc1Br. The third kappa shape index (κ3) is 2.45. The lowest BCUT2D eigenvalue weighted by Gasteiger charge is -2.34. The molecule has 1 aromatic carbocycles. The summed E-state index contributed by atoms with van der Waals surface area (Å²) in [6, 6.07) is 7.74. The fourth-order valence-electron chi connectivity index (χ4n) is 2.42. The van der Waals surface area contributed by atoms with Crippen LogP contribution in [-0.2, 0) is 11.2 Å². The molecule has 98 valence electrons. The molecule has 1 heterocycles. The van der Waals surface area contributed by atoms with Gasteiger partial charge in [0.15, 0.2) is 0 Å². The molecule has 2 rings (SSSR count). The predicted octanol–water partition coefficient (Wildman–Crippen LogP) is 2.36. The summed E-state index contributed by atoms with van der Waals surface area (Å²) >= 11 is 3.45. The molecule has 1 unspecified atom stereocenters. The van der Waals surface area contributed by atoms with Crippen molar-refractivity contribution in [2.45, 2.75) is 38.3 Å². The molecule has 1 fully saturated rings. The number of likely N-dealkylation sites (tertiary alicyclic amines) is 1. The van der Waals surface area contributed by atoms with E-state index in [9.17, 15) is 9.90 Å². The Bertz CT molecular complexity index is 459. The Kier molecular flexibility index (Phi) is 3.78. The Labute approximate surface area is 116 Å². The summed E-state index contributed by atoms with van der Waals surface area (Å²) in [6.45, 7) is 4.47. The summed E-state index contributed by atoms with van der Waals surface area (Å²) in [4.78, 5) is 14.1. The molecule has 1 saturated heterocycles. The maximum absolute atomic E-state index is 12.3. The molecular weight excluding hydrogens is 294 g/mol. The van der Waals surface area contributed by atoms with Crippen LogP contribution >= 0.6 is 15.9 Å². The van der Waals surface area contributed by atoms with Gasteiger partial charge >= 0.3 is 0 Å². The lowest BCUT2D eigenvalue weighted by molar-refractivity contribution is -0.135. The van der Waals surface area contributed by atoms with Crippen LogP contribution in [0.3, 0.4) is 0 Å². The molecule has 0 bridgehead atoms. The van der Waals surface area contributed by atoms with Gasteiger partial charge in [0.2, 0.25) is 5.91 Å². The van der Waals surface area contributed by atoms with Crippen molar-refractivity contribution in [1.82, 2.24) is 4.90 Å². The van der Waals surface area contributed by atoms with Gasteiger partial charge in [-0.3, -0.25) is 4.79 Å². The van der Waals surface area contributed by atoms with Crippen molar-refractivity contribution in [3.05, 3.63) is 34.3 Å². The fourth-order valence-corrected chi connectivity index (χ4v) is 2.84. The van der Waals surface area contributed by atoms with Crippen LogP contribution in [0.25, 0.3) is 0 Å². The van der Waals surface area contributed by atoms with Crippen molar-refractivity contribution in [2.24, 2.45) is 0 Å². The standard InChI is InChI=1S/C14H18BrNO2/c1-14(2)12(17)7-8-16(14)13(18)9-10-5-3-4-6-11(10)15/h3-6,12,17H,7-9H2,1-2H3. The lowest BCUT2D eigenvalue weighted by atomic mass is 9.98. The van der Waals surface area contributed by atoms with Crippen molar-refractivity contribution < 1.29 is 9.90 Å². The van der Waals surface area contributed by atoms with Crippen LogP contribution in [0, 0.1) is 0 Å². The maximum atomic E-state index is 12.3. The topological polar surface area (TPSA) is 40.5 Å². The summed E-state index contributed by atoms with van der Waals surface area (Å²) in [5, 5.41) is 9.89. The lowest BCUT2D eigenvalue weighted by Crippen LogP contribution is -2.48. The average molecular weight is 312 g/mol. The normalized spacial score (nSPS) is 22.2. The van der Waals surface area contributed by atoms with E-state index in [1.807, 2.05) is 38.1 Å². The first-order valence-electron chi connectivity index (χ1n) is 6.15. The summed E-state index contributed by atoms with van der Waals surface area (Å²) in [5.74, 6) is 0.0726. The van der Waals surface area contributed by atoms with Crippen LogP contribution in [0.5, 0.6) is 0 Å². The average Bonchev–Trinajstić information content (AvgIpc) is 2.57. The number of nitrogens with zero attached hydrogens (tertiary/aromatic N) is 1. The van der Waals surface area contributed by atoms with Gasteiger partial charge in [-0.1, -0.05) is 34.1 Å². The Morgan fingerprint density at radius 1 is 1.50 bits per heavy atom. The molecule has 1 atom stereocenters. The first-order valence-corrected chi connectivity index (χ1v) is 6.94. The van der Waals surface area contributed by atoms with Crippen molar-refractivity contribution in [3.63, 3.8) is 0 Å². The maximum Gasteiger partial charge on any atom is 0.227 e. The summed E-state index contributed by atoms with van der Waals surface area (Å²) in [7, 11) is 0. The molecular formula is C14H18BrNO2. The third-order valence-electron chi connectivity index (χ3n) is 3.74. The minimum Gasteiger partial charge on any atom is -0.391 e. The second-order valence-electron chi connectivity index (χ2n) is 5.27. The zero-order valence-electron chi connectivity index (χ0n) is 10.7. The zero-order chi connectivity index (χ0) is 13.3. The van der Waals surface area contributed by atoms with Crippen LogP contribution in [0.4, 0.5) is 0 Å². The van der Waals surface area contributed by atoms with E-state index in [2.05, 4.69) is 15.9 Å². The molecule has 1 aromatic rings. The molecule has 1 aliphatic rings. The second-order valence-corrected chi connectivity index (χ2v) is 6.13. The highest BCUT2D eigenvalue weighted by Crippen LogP contribution is 2.30. The van der Waals surface area contributed by atoms with E-state index in [0.29, 0.717) is 19.4 Å². The smallest absolute Gasteiger partial charge is 0.227 e. The van der Waals surface area contributed by atoms with Gasteiger partial charge < -0.3 is 10.0 Å². The van der Waals surface area contributed by atoms with E-state index in [1.165, 1.54) is 0 Å². The van der Waals surface area contributed by atoms with E-state index in [1.54, 1.807) is 4.90 Å². The number of aliphatic hydroxyl groups is 1. The van der Waals surface area contributed by atoms with Gasteiger partial charge in [0.1, 0.15) is 0 Å². The fraction of sp³-hybridized carbons (Fsp3) is 0.500. The number of halogens is 1. The number of benzene rings is 1. The van der Waals surface area contributed by atoms with Gasteiger partial charge in [0.05, 0.1) is 18.1 Å². The van der Waals surface area contributed by atoms with E-state index in [-0.39, 0.29) is 5.91 Å². The highest BCUT2D eigenvalue weighted by molar-refractivity contribution is 9.10. The molecule has 0 radical (unpaired) electrons. The number of hydrogen-bond donors (Lipinski definition) is 1. The Hall–Kier alpha value is -0.870. The third-order valence-corrected chi connectivity index (χ3v) is 4.51. The van der Waals surface area contributed by atoms with E-state index >= 15 is 0 Å². The van der Waals surface area contributed by atoms with Gasteiger partial charge in [-0.05, 0) is 31.9 Å². The number of carbonyl (C=O) groups is 1. The second kappa shape index (κ2) is 5.02. The number of aliphatic hydroxyl groups excluding tert-OH is 1. The van der Waals surface area contributed by atoms with Crippen LogP contribution in [0.2, 0.25) is 0 Å². The molecule has 1 amide bonds. The molecule has 3 nitrogen and oxygen atoms in total. The minimum atomic E-state index is -0.460. The number of amides is 1. The summed E-state index contributed by atoms with van der Waals surface area (Å²) in [6.07, 6.45) is 0.604. The monoisotopic (exact) mass is 311 g/mol. The van der Waals surface area contributed by atoms with Crippen LogP contribution in [0.1, 0.15) is 25.8 Å². The summed E-state index contributed by atoms with van der Waals surface area (Å²) < 4.78 is 0.955.